The fourth-order valence-electron chi connectivity index (χ4n) is 2.88. The molecule has 0 atom stereocenters. The van der Waals surface area contributed by atoms with Crippen LogP contribution >= 0.6 is 0 Å². The summed E-state index contributed by atoms with van der Waals surface area (Å²) in [5, 5.41) is 0. The predicted octanol–water partition coefficient (Wildman–Crippen LogP) is 4.07. The summed E-state index contributed by atoms with van der Waals surface area (Å²) in [4.78, 5) is 2.43. The highest BCUT2D eigenvalue weighted by atomic mass is 16.5. The van der Waals surface area contributed by atoms with Crippen LogP contribution in [0, 0.1) is 5.92 Å². The smallest absolute Gasteiger partial charge is 0.145 e. The van der Waals surface area contributed by atoms with Gasteiger partial charge in [0, 0.05) is 6.54 Å². The number of nitrogens with two attached hydrogens (primary N) is 1. The van der Waals surface area contributed by atoms with Gasteiger partial charge in [-0.05, 0) is 37.3 Å². The average molecular weight is 276 g/mol. The molecule has 0 amide bonds. The molecule has 0 fully saturated rings. The molecule has 1 aliphatic rings. The second-order valence-corrected chi connectivity index (χ2v) is 6.29. The Morgan fingerprint density at radius 1 is 1.30 bits per heavy atom. The maximum Gasteiger partial charge on any atom is 0.145 e. The molecule has 0 aromatic heterocycles. The van der Waals surface area contributed by atoms with Crippen LogP contribution in [0.15, 0.2) is 18.2 Å². The third-order valence-electron chi connectivity index (χ3n) is 4.42. The van der Waals surface area contributed by atoms with Gasteiger partial charge in [0.05, 0.1) is 12.2 Å². The van der Waals surface area contributed by atoms with Crippen LogP contribution in [0.4, 0.5) is 11.4 Å². The van der Waals surface area contributed by atoms with E-state index < -0.39 is 0 Å². The Morgan fingerprint density at radius 3 is 2.60 bits per heavy atom. The van der Waals surface area contributed by atoms with Crippen molar-refractivity contribution in [1.29, 1.82) is 0 Å². The van der Waals surface area contributed by atoms with E-state index in [1.54, 1.807) is 0 Å². The number of para-hydroxylation sites is 1. The van der Waals surface area contributed by atoms with E-state index >= 15 is 0 Å². The first kappa shape index (κ1) is 15.0. The molecule has 20 heavy (non-hydrogen) atoms. The van der Waals surface area contributed by atoms with Crippen molar-refractivity contribution in [2.75, 3.05) is 23.7 Å². The fraction of sp³-hybridized carbons (Fsp3) is 0.647. The molecule has 112 valence electrons. The molecular weight excluding hydrogens is 248 g/mol. The quantitative estimate of drug-likeness (QED) is 0.824. The van der Waals surface area contributed by atoms with Gasteiger partial charge in [0.2, 0.25) is 0 Å². The maximum absolute atomic E-state index is 6.31. The van der Waals surface area contributed by atoms with Gasteiger partial charge in [0.25, 0.3) is 0 Å². The lowest BCUT2D eigenvalue weighted by molar-refractivity contribution is 0.0574. The molecule has 0 saturated carbocycles. The second-order valence-electron chi connectivity index (χ2n) is 6.29. The average Bonchev–Trinajstić information content (AvgIpc) is 2.44. The van der Waals surface area contributed by atoms with Crippen molar-refractivity contribution in [2.24, 2.45) is 5.92 Å². The molecule has 0 aliphatic carbocycles. The number of hydrogen-bond donors (Lipinski definition) is 1. The Bertz CT molecular complexity index is 452. The fourth-order valence-corrected chi connectivity index (χ4v) is 2.88. The van der Waals surface area contributed by atoms with Crippen LogP contribution in [0.3, 0.4) is 0 Å². The van der Waals surface area contributed by atoms with Crippen molar-refractivity contribution in [2.45, 2.75) is 52.6 Å². The van der Waals surface area contributed by atoms with Gasteiger partial charge in [-0.2, -0.15) is 0 Å². The van der Waals surface area contributed by atoms with Crippen LogP contribution in [0.25, 0.3) is 0 Å². The molecule has 0 unspecified atom stereocenters. The zero-order valence-corrected chi connectivity index (χ0v) is 13.3. The SMILES string of the molecule is CCC1(CC)CN(CCC(C)C)c2c(N)cccc2O1. The van der Waals surface area contributed by atoms with Crippen LogP contribution in [-0.2, 0) is 0 Å². The molecule has 1 heterocycles. The number of benzene rings is 1. The van der Waals surface area contributed by atoms with E-state index in [2.05, 4.69) is 32.6 Å². The minimum Gasteiger partial charge on any atom is -0.483 e. The minimum atomic E-state index is -0.0717. The summed E-state index contributed by atoms with van der Waals surface area (Å²) >= 11 is 0. The monoisotopic (exact) mass is 276 g/mol. The molecule has 1 aliphatic heterocycles. The molecule has 0 radical (unpaired) electrons. The normalized spacial score (nSPS) is 16.9. The van der Waals surface area contributed by atoms with Crippen molar-refractivity contribution >= 4 is 11.4 Å². The lowest BCUT2D eigenvalue weighted by atomic mass is 9.93. The maximum atomic E-state index is 6.31. The van der Waals surface area contributed by atoms with Crippen LogP contribution in [0.2, 0.25) is 0 Å². The van der Waals surface area contributed by atoms with E-state index in [0.717, 1.165) is 43.1 Å². The van der Waals surface area contributed by atoms with E-state index in [4.69, 9.17) is 10.5 Å². The Labute approximate surface area is 123 Å². The molecule has 2 rings (SSSR count). The van der Waals surface area contributed by atoms with E-state index in [1.165, 1.54) is 6.42 Å². The first-order valence-corrected chi connectivity index (χ1v) is 7.83. The number of nitrogen functional groups attached to an aromatic ring is 1. The van der Waals surface area contributed by atoms with Crippen molar-refractivity contribution in [3.05, 3.63) is 18.2 Å². The number of ether oxygens (including phenoxy) is 1. The highest BCUT2D eigenvalue weighted by molar-refractivity contribution is 5.76. The largest absolute Gasteiger partial charge is 0.483 e. The van der Waals surface area contributed by atoms with Crippen LogP contribution in [-0.4, -0.2) is 18.7 Å². The molecule has 0 bridgehead atoms. The summed E-state index contributed by atoms with van der Waals surface area (Å²) in [6.07, 6.45) is 3.23. The predicted molar refractivity (Wildman–Crippen MR) is 86.5 cm³/mol. The van der Waals surface area contributed by atoms with Gasteiger partial charge in [-0.1, -0.05) is 33.8 Å². The van der Waals surface area contributed by atoms with E-state index in [0.29, 0.717) is 5.92 Å². The first-order chi connectivity index (χ1) is 9.51. The molecule has 0 spiro atoms. The minimum absolute atomic E-state index is 0.0717. The van der Waals surface area contributed by atoms with Gasteiger partial charge in [0.1, 0.15) is 17.0 Å². The molecular formula is C17H28N2O. The summed E-state index contributed by atoms with van der Waals surface area (Å²) in [6, 6.07) is 6.00. The molecule has 3 nitrogen and oxygen atoms in total. The summed E-state index contributed by atoms with van der Waals surface area (Å²) in [6.45, 7) is 10.9. The lowest BCUT2D eigenvalue weighted by Crippen LogP contribution is -2.51. The van der Waals surface area contributed by atoms with Crippen molar-refractivity contribution in [3.8, 4) is 5.75 Å². The summed E-state index contributed by atoms with van der Waals surface area (Å²) in [5.74, 6) is 1.65. The molecule has 1 aromatic carbocycles. The van der Waals surface area contributed by atoms with Gasteiger partial charge in [0.15, 0.2) is 0 Å². The van der Waals surface area contributed by atoms with Gasteiger partial charge in [-0.15, -0.1) is 0 Å². The number of fused-ring (bicyclic) bond motifs is 1. The zero-order valence-electron chi connectivity index (χ0n) is 13.3. The molecule has 1 aromatic rings. The summed E-state index contributed by atoms with van der Waals surface area (Å²) < 4.78 is 6.31. The highest BCUT2D eigenvalue weighted by Gasteiger charge is 2.37. The van der Waals surface area contributed by atoms with Crippen molar-refractivity contribution < 1.29 is 4.74 Å². The summed E-state index contributed by atoms with van der Waals surface area (Å²) in [7, 11) is 0. The van der Waals surface area contributed by atoms with Crippen LogP contribution in [0.1, 0.15) is 47.0 Å². The summed E-state index contributed by atoms with van der Waals surface area (Å²) in [5.41, 5.74) is 8.03. The second kappa shape index (κ2) is 5.94. The first-order valence-electron chi connectivity index (χ1n) is 7.83. The molecule has 3 heteroatoms. The highest BCUT2D eigenvalue weighted by Crippen LogP contribution is 2.43. The topological polar surface area (TPSA) is 38.5 Å². The van der Waals surface area contributed by atoms with Gasteiger partial charge >= 0.3 is 0 Å². The van der Waals surface area contributed by atoms with E-state index in [-0.39, 0.29) is 5.60 Å². The third kappa shape index (κ3) is 2.87. The number of hydrogen-bond acceptors (Lipinski definition) is 3. The van der Waals surface area contributed by atoms with Crippen LogP contribution in [0.5, 0.6) is 5.75 Å². The lowest BCUT2D eigenvalue weighted by Gasteiger charge is -2.44. The van der Waals surface area contributed by atoms with E-state index in [1.807, 2.05) is 18.2 Å². The van der Waals surface area contributed by atoms with E-state index in [9.17, 15) is 0 Å². The Morgan fingerprint density at radius 2 is 2.00 bits per heavy atom. The van der Waals surface area contributed by atoms with Gasteiger partial charge in [-0.25, -0.2) is 0 Å². The number of rotatable bonds is 5. The Balaban J connectivity index is 2.34. The number of nitrogens with zero attached hydrogens (tertiary/aromatic N) is 1. The Hall–Kier alpha value is -1.38. The molecule has 2 N–H and O–H groups in total. The number of anilines is 2. The molecule has 0 saturated heterocycles. The Kier molecular flexibility index (Phi) is 4.46. The zero-order chi connectivity index (χ0) is 14.8. The third-order valence-corrected chi connectivity index (χ3v) is 4.42. The van der Waals surface area contributed by atoms with Gasteiger partial charge in [-0.3, -0.25) is 0 Å². The van der Waals surface area contributed by atoms with Crippen LogP contribution < -0.4 is 15.4 Å². The van der Waals surface area contributed by atoms with Gasteiger partial charge < -0.3 is 15.4 Å². The standard InChI is InChI=1S/C17H28N2O/c1-5-17(6-2)12-19(11-10-13(3)4)16-14(18)8-7-9-15(16)20-17/h7-9,13H,5-6,10-12,18H2,1-4H3. The van der Waals surface area contributed by atoms with Crippen molar-refractivity contribution in [3.63, 3.8) is 0 Å². The van der Waals surface area contributed by atoms with Crippen molar-refractivity contribution in [1.82, 2.24) is 0 Å².